The van der Waals surface area contributed by atoms with Gasteiger partial charge in [-0.15, -0.1) is 0 Å². The Bertz CT molecular complexity index is 1470. The van der Waals surface area contributed by atoms with Crippen LogP contribution in [0.15, 0.2) is 72.7 Å². The monoisotopic (exact) mass is 521 g/mol. The van der Waals surface area contributed by atoms with E-state index in [4.69, 9.17) is 9.97 Å². The van der Waals surface area contributed by atoms with Crippen LogP contribution in [-0.4, -0.2) is 64.1 Å². The Morgan fingerprint density at radius 1 is 1.13 bits per heavy atom. The van der Waals surface area contributed by atoms with E-state index in [1.54, 1.807) is 6.33 Å². The second-order valence-electron chi connectivity index (χ2n) is 10.1. The maximum absolute atomic E-state index is 13.2. The number of benzene rings is 1. The van der Waals surface area contributed by atoms with Crippen molar-refractivity contribution in [3.8, 4) is 6.07 Å². The van der Waals surface area contributed by atoms with Gasteiger partial charge in [-0.25, -0.2) is 9.97 Å². The lowest BCUT2D eigenvalue weighted by atomic mass is 10.1. The van der Waals surface area contributed by atoms with Crippen molar-refractivity contribution < 1.29 is 4.79 Å². The van der Waals surface area contributed by atoms with Gasteiger partial charge in [0.25, 0.3) is 5.91 Å². The highest BCUT2D eigenvalue weighted by Crippen LogP contribution is 2.38. The van der Waals surface area contributed by atoms with Crippen molar-refractivity contribution in [2.75, 3.05) is 42.5 Å². The third-order valence-corrected chi connectivity index (χ3v) is 7.47. The number of fused-ring (bicyclic) bond motifs is 1. The number of nitriles is 1. The van der Waals surface area contributed by atoms with Crippen molar-refractivity contribution in [1.82, 2.24) is 19.4 Å². The molecule has 200 valence electrons. The van der Waals surface area contributed by atoms with Gasteiger partial charge in [0.1, 0.15) is 12.1 Å². The Hall–Kier alpha value is -4.38. The lowest BCUT2D eigenvalue weighted by Gasteiger charge is -2.41. The van der Waals surface area contributed by atoms with Gasteiger partial charge in [0.2, 0.25) is 0 Å². The second-order valence-corrected chi connectivity index (χ2v) is 10.1. The molecule has 4 heterocycles. The number of carbonyl (C=O) groups excluding carboxylic acids is 1. The highest BCUT2D eigenvalue weighted by Gasteiger charge is 2.31. The molecule has 2 saturated heterocycles. The average Bonchev–Trinajstić information content (AvgIpc) is 3.31. The zero-order valence-corrected chi connectivity index (χ0v) is 22.9. The summed E-state index contributed by atoms with van der Waals surface area (Å²) in [4.78, 5) is 29.3. The van der Waals surface area contributed by atoms with Crippen molar-refractivity contribution in [2.45, 2.75) is 39.7 Å². The highest BCUT2D eigenvalue weighted by atomic mass is 16.2. The van der Waals surface area contributed by atoms with Gasteiger partial charge in [-0.05, 0) is 51.0 Å². The number of rotatable bonds is 7. The molecule has 1 aromatic carbocycles. The fraction of sp³-hybridized carbons (Fsp3) is 0.355. The first-order chi connectivity index (χ1) is 19.0. The van der Waals surface area contributed by atoms with Gasteiger partial charge < -0.3 is 19.3 Å². The third kappa shape index (κ3) is 5.30. The van der Waals surface area contributed by atoms with E-state index in [9.17, 15) is 10.1 Å². The molecule has 0 N–H and O–H groups in total. The fourth-order valence-electron chi connectivity index (χ4n) is 5.25. The normalized spacial score (nSPS) is 18.5. The molecule has 3 aromatic rings. The quantitative estimate of drug-likeness (QED) is 0.311. The van der Waals surface area contributed by atoms with Crippen LogP contribution in [0.5, 0.6) is 0 Å². The second kappa shape index (κ2) is 11.6. The molecule has 2 aromatic heterocycles. The number of hydrogen-bond acceptors (Lipinski definition) is 6. The molecule has 1 atom stereocenters. The summed E-state index contributed by atoms with van der Waals surface area (Å²) in [5.41, 5.74) is 4.17. The number of aromatic nitrogens is 3. The van der Waals surface area contributed by atoms with Crippen LogP contribution in [0.25, 0.3) is 16.7 Å². The fourth-order valence-corrected chi connectivity index (χ4v) is 5.25. The van der Waals surface area contributed by atoms with Crippen LogP contribution in [0.1, 0.15) is 44.0 Å². The first-order valence-electron chi connectivity index (χ1n) is 13.7. The largest absolute Gasteiger partial charge is 0.369 e. The summed E-state index contributed by atoms with van der Waals surface area (Å²) >= 11 is 0. The molecule has 0 aliphatic carbocycles. The van der Waals surface area contributed by atoms with Crippen LogP contribution in [-0.2, 0) is 0 Å². The van der Waals surface area contributed by atoms with Crippen molar-refractivity contribution in [3.63, 3.8) is 0 Å². The number of carbonyl (C=O) groups is 1. The average molecular weight is 522 g/mol. The zero-order chi connectivity index (χ0) is 27.4. The summed E-state index contributed by atoms with van der Waals surface area (Å²) < 4.78 is 2.07. The lowest BCUT2D eigenvalue weighted by molar-refractivity contribution is 0.0674. The maximum Gasteiger partial charge on any atom is 0.254 e. The SMILES string of the molecule is CC/C=C/C=C(C#N)\C=C(/C)n1cc(N2CCC2)c2c(N3CCN(C(=O)c4ccccc4)C(C)C3)ncnc21. The molecule has 0 radical (unpaired) electrons. The number of amides is 1. The van der Waals surface area contributed by atoms with Crippen molar-refractivity contribution in [1.29, 1.82) is 5.26 Å². The van der Waals surface area contributed by atoms with E-state index in [1.165, 1.54) is 0 Å². The standard InChI is InChI=1S/C31H35N7O/c1-4-5-7-11-25(19-32)18-23(2)38-21-27(35-14-10-15-35)28-29(33-22-34-30(28)38)36-16-17-37(24(3)20-36)31(39)26-12-8-6-9-13-26/h5-9,11-13,18,21-22,24H,4,10,14-17,20H2,1-3H3/b7-5+,23-18+,25-11+. The smallest absolute Gasteiger partial charge is 0.254 e. The van der Waals surface area contributed by atoms with E-state index in [-0.39, 0.29) is 11.9 Å². The van der Waals surface area contributed by atoms with Crippen LogP contribution in [0, 0.1) is 11.3 Å². The molecular weight excluding hydrogens is 486 g/mol. The van der Waals surface area contributed by atoms with E-state index in [0.717, 1.165) is 59.7 Å². The summed E-state index contributed by atoms with van der Waals surface area (Å²) in [7, 11) is 0. The Balaban J connectivity index is 1.49. The molecule has 0 saturated carbocycles. The van der Waals surface area contributed by atoms with Gasteiger partial charge in [0, 0.05) is 56.2 Å². The minimum absolute atomic E-state index is 0.0344. The van der Waals surface area contributed by atoms with Crippen LogP contribution < -0.4 is 9.80 Å². The minimum atomic E-state index is 0.0344. The molecule has 0 bridgehead atoms. The Kier molecular flexibility index (Phi) is 7.78. The number of piperazine rings is 1. The molecule has 5 rings (SSSR count). The van der Waals surface area contributed by atoms with Crippen LogP contribution in [0.4, 0.5) is 11.5 Å². The van der Waals surface area contributed by atoms with E-state index in [0.29, 0.717) is 25.2 Å². The molecule has 0 spiro atoms. The van der Waals surface area contributed by atoms with E-state index in [2.05, 4.69) is 40.5 Å². The predicted octanol–water partition coefficient (Wildman–Crippen LogP) is 5.27. The molecule has 8 nitrogen and oxygen atoms in total. The first kappa shape index (κ1) is 26.2. The number of hydrogen-bond donors (Lipinski definition) is 0. The Labute approximate surface area is 230 Å². The van der Waals surface area contributed by atoms with Crippen molar-refractivity contribution in [3.05, 3.63) is 78.3 Å². The number of anilines is 2. The summed E-state index contributed by atoms with van der Waals surface area (Å²) in [6.07, 6.45) is 13.5. The first-order valence-corrected chi connectivity index (χ1v) is 13.7. The van der Waals surface area contributed by atoms with E-state index in [1.807, 2.05) is 66.5 Å². The summed E-state index contributed by atoms with van der Waals surface area (Å²) in [5, 5.41) is 10.7. The molecule has 2 aliphatic heterocycles. The van der Waals surface area contributed by atoms with E-state index >= 15 is 0 Å². The maximum atomic E-state index is 13.2. The van der Waals surface area contributed by atoms with Gasteiger partial charge >= 0.3 is 0 Å². The molecule has 2 aliphatic rings. The van der Waals surface area contributed by atoms with Gasteiger partial charge in [-0.2, -0.15) is 5.26 Å². The molecular formula is C31H35N7O. The van der Waals surface area contributed by atoms with Gasteiger partial charge in [0.15, 0.2) is 5.65 Å². The predicted molar refractivity (Wildman–Crippen MR) is 157 cm³/mol. The number of allylic oxidation sites excluding steroid dienone is 6. The molecule has 1 unspecified atom stereocenters. The number of nitrogens with zero attached hydrogens (tertiary/aromatic N) is 7. The topological polar surface area (TPSA) is 81.3 Å². The Morgan fingerprint density at radius 2 is 1.92 bits per heavy atom. The summed E-state index contributed by atoms with van der Waals surface area (Å²) in [5.74, 6) is 0.966. The van der Waals surface area contributed by atoms with Gasteiger partial charge in [-0.1, -0.05) is 37.3 Å². The zero-order valence-electron chi connectivity index (χ0n) is 22.9. The highest BCUT2D eigenvalue weighted by molar-refractivity contribution is 6.01. The van der Waals surface area contributed by atoms with Crippen LogP contribution in [0.2, 0.25) is 0 Å². The van der Waals surface area contributed by atoms with Gasteiger partial charge in [0.05, 0.1) is 22.7 Å². The molecule has 39 heavy (non-hydrogen) atoms. The van der Waals surface area contributed by atoms with Gasteiger partial charge in [-0.3, -0.25) is 4.79 Å². The van der Waals surface area contributed by atoms with Crippen molar-refractivity contribution in [2.24, 2.45) is 0 Å². The molecule has 2 fully saturated rings. The van der Waals surface area contributed by atoms with E-state index < -0.39 is 0 Å². The summed E-state index contributed by atoms with van der Waals surface area (Å²) in [6.45, 7) is 10.2. The molecule has 1 amide bonds. The third-order valence-electron chi connectivity index (χ3n) is 7.47. The van der Waals surface area contributed by atoms with Crippen LogP contribution in [0.3, 0.4) is 0 Å². The van der Waals surface area contributed by atoms with Crippen LogP contribution >= 0.6 is 0 Å². The summed E-state index contributed by atoms with van der Waals surface area (Å²) in [6, 6.07) is 11.8. The lowest BCUT2D eigenvalue weighted by Crippen LogP contribution is -2.54. The molecule has 8 heteroatoms. The van der Waals surface area contributed by atoms with Crippen molar-refractivity contribution >= 4 is 34.1 Å². The minimum Gasteiger partial charge on any atom is -0.369 e. The Morgan fingerprint density at radius 3 is 2.59 bits per heavy atom.